The average Bonchev–Trinajstić information content (AvgIpc) is 2.87. The Morgan fingerprint density at radius 1 is 1.16 bits per heavy atom. The highest BCUT2D eigenvalue weighted by Gasteiger charge is 2.24. The van der Waals surface area contributed by atoms with Crippen LogP contribution in [0.3, 0.4) is 0 Å². The van der Waals surface area contributed by atoms with Crippen molar-refractivity contribution in [1.82, 2.24) is 10.2 Å². The van der Waals surface area contributed by atoms with E-state index in [0.717, 1.165) is 17.7 Å². The van der Waals surface area contributed by atoms with Crippen molar-refractivity contribution in [2.75, 3.05) is 12.8 Å². The number of nitrogens with zero attached hydrogens (tertiary/aromatic N) is 1. The second kappa shape index (κ2) is 9.85. The van der Waals surface area contributed by atoms with E-state index in [1.165, 1.54) is 37.4 Å². The van der Waals surface area contributed by atoms with E-state index in [-0.39, 0.29) is 17.9 Å². The van der Waals surface area contributed by atoms with Crippen LogP contribution in [0.25, 0.3) is 0 Å². The fourth-order valence-electron chi connectivity index (χ4n) is 3.28. The molecule has 1 aromatic rings. The number of hydrogen-bond acceptors (Lipinski definition) is 3. The SMILES string of the molecule is CC(C)NC(=O)CSc1ccccc1C(=O)N(C)C1CCCCCC1. The highest BCUT2D eigenvalue weighted by molar-refractivity contribution is 8.00. The number of benzene rings is 1. The maximum absolute atomic E-state index is 13.0. The zero-order valence-corrected chi connectivity index (χ0v) is 16.4. The lowest BCUT2D eigenvalue weighted by Gasteiger charge is -2.28. The van der Waals surface area contributed by atoms with Gasteiger partial charge >= 0.3 is 0 Å². The molecular formula is C20H30N2O2S. The van der Waals surface area contributed by atoms with E-state index in [9.17, 15) is 9.59 Å². The lowest BCUT2D eigenvalue weighted by Crippen LogP contribution is -2.37. The largest absolute Gasteiger partial charge is 0.353 e. The van der Waals surface area contributed by atoms with Gasteiger partial charge in [-0.3, -0.25) is 9.59 Å². The first-order valence-corrected chi connectivity index (χ1v) is 10.3. The predicted molar refractivity (Wildman–Crippen MR) is 104 cm³/mol. The van der Waals surface area contributed by atoms with E-state index in [4.69, 9.17) is 0 Å². The van der Waals surface area contributed by atoms with Gasteiger partial charge in [-0.2, -0.15) is 0 Å². The molecule has 0 radical (unpaired) electrons. The van der Waals surface area contributed by atoms with Crippen LogP contribution >= 0.6 is 11.8 Å². The molecule has 1 aliphatic carbocycles. The lowest BCUT2D eigenvalue weighted by atomic mass is 10.1. The summed E-state index contributed by atoms with van der Waals surface area (Å²) in [5, 5.41) is 2.89. The molecule has 0 bridgehead atoms. The van der Waals surface area contributed by atoms with E-state index in [1.54, 1.807) is 0 Å². The van der Waals surface area contributed by atoms with Crippen LogP contribution in [-0.4, -0.2) is 41.6 Å². The summed E-state index contributed by atoms with van der Waals surface area (Å²) >= 11 is 1.43. The van der Waals surface area contributed by atoms with Crippen LogP contribution in [0.1, 0.15) is 62.7 Å². The van der Waals surface area contributed by atoms with Gasteiger partial charge in [0.1, 0.15) is 0 Å². The minimum Gasteiger partial charge on any atom is -0.353 e. The van der Waals surface area contributed by atoms with Crippen molar-refractivity contribution in [2.45, 2.75) is 69.4 Å². The third-order valence-corrected chi connectivity index (χ3v) is 5.69. The summed E-state index contributed by atoms with van der Waals surface area (Å²) < 4.78 is 0. The number of thioether (sulfide) groups is 1. The average molecular weight is 363 g/mol. The van der Waals surface area contributed by atoms with Crippen molar-refractivity contribution in [1.29, 1.82) is 0 Å². The van der Waals surface area contributed by atoms with Gasteiger partial charge in [0.25, 0.3) is 5.91 Å². The zero-order chi connectivity index (χ0) is 18.2. The number of hydrogen-bond donors (Lipinski definition) is 1. The molecule has 0 unspecified atom stereocenters. The maximum Gasteiger partial charge on any atom is 0.254 e. The maximum atomic E-state index is 13.0. The summed E-state index contributed by atoms with van der Waals surface area (Å²) in [5.74, 6) is 0.397. The van der Waals surface area contributed by atoms with Gasteiger partial charge < -0.3 is 10.2 Å². The van der Waals surface area contributed by atoms with E-state index in [1.807, 2.05) is 50.1 Å². The topological polar surface area (TPSA) is 49.4 Å². The van der Waals surface area contributed by atoms with E-state index in [0.29, 0.717) is 17.4 Å². The highest BCUT2D eigenvalue weighted by atomic mass is 32.2. The van der Waals surface area contributed by atoms with E-state index >= 15 is 0 Å². The first-order valence-electron chi connectivity index (χ1n) is 9.27. The molecule has 2 amide bonds. The van der Waals surface area contributed by atoms with Gasteiger partial charge in [-0.05, 0) is 38.8 Å². The number of carbonyl (C=O) groups excluding carboxylic acids is 2. The Morgan fingerprint density at radius 2 is 1.80 bits per heavy atom. The van der Waals surface area contributed by atoms with Gasteiger partial charge in [0.05, 0.1) is 11.3 Å². The molecule has 0 aliphatic heterocycles. The third kappa shape index (κ3) is 6.07. The number of amides is 2. The van der Waals surface area contributed by atoms with Gasteiger partial charge in [-0.15, -0.1) is 11.8 Å². The molecule has 0 atom stereocenters. The molecule has 0 aromatic heterocycles. The molecule has 25 heavy (non-hydrogen) atoms. The first kappa shape index (κ1) is 19.8. The van der Waals surface area contributed by atoms with Gasteiger partial charge in [-0.25, -0.2) is 0 Å². The molecule has 0 spiro atoms. The molecule has 5 heteroatoms. The van der Waals surface area contributed by atoms with Crippen LogP contribution in [0.5, 0.6) is 0 Å². The monoisotopic (exact) mass is 362 g/mol. The van der Waals surface area contributed by atoms with Gasteiger partial charge in [0.2, 0.25) is 5.91 Å². The van der Waals surface area contributed by atoms with Crippen LogP contribution in [0.15, 0.2) is 29.2 Å². The highest BCUT2D eigenvalue weighted by Crippen LogP contribution is 2.27. The van der Waals surface area contributed by atoms with Gasteiger partial charge in [0, 0.05) is 24.0 Å². The Labute approximate surface area is 155 Å². The fraction of sp³-hybridized carbons (Fsp3) is 0.600. The molecule has 0 saturated heterocycles. The predicted octanol–water partition coefficient (Wildman–Crippen LogP) is 4.10. The molecule has 2 rings (SSSR count). The van der Waals surface area contributed by atoms with E-state index < -0.39 is 0 Å². The molecule has 1 fully saturated rings. The zero-order valence-electron chi connectivity index (χ0n) is 15.6. The normalized spacial score (nSPS) is 15.7. The first-order chi connectivity index (χ1) is 12.0. The lowest BCUT2D eigenvalue weighted by molar-refractivity contribution is -0.119. The minimum atomic E-state index is -0.000579. The van der Waals surface area contributed by atoms with Crippen molar-refractivity contribution in [3.05, 3.63) is 29.8 Å². The summed E-state index contributed by atoms with van der Waals surface area (Å²) in [5.41, 5.74) is 0.705. The Balaban J connectivity index is 2.05. The van der Waals surface area contributed by atoms with Crippen molar-refractivity contribution < 1.29 is 9.59 Å². The standard InChI is InChI=1S/C20H30N2O2S/c1-15(2)21-19(23)14-25-18-13-9-8-12-17(18)20(24)22(3)16-10-6-4-5-7-11-16/h8-9,12-13,15-16H,4-7,10-11,14H2,1-3H3,(H,21,23). The Hall–Kier alpha value is -1.49. The van der Waals surface area contributed by atoms with Crippen molar-refractivity contribution in [3.8, 4) is 0 Å². The molecule has 0 heterocycles. The van der Waals surface area contributed by atoms with Crippen molar-refractivity contribution in [2.24, 2.45) is 0 Å². The molecule has 1 N–H and O–H groups in total. The van der Waals surface area contributed by atoms with Crippen LogP contribution in [0, 0.1) is 0 Å². The second-order valence-electron chi connectivity index (χ2n) is 7.07. The Bertz CT molecular complexity index is 581. The minimum absolute atomic E-state index is 0.000579. The van der Waals surface area contributed by atoms with Gasteiger partial charge in [-0.1, -0.05) is 37.8 Å². The molecule has 1 aromatic carbocycles. The fourth-order valence-corrected chi connectivity index (χ4v) is 4.13. The summed E-state index contributed by atoms with van der Waals surface area (Å²) in [6, 6.07) is 8.08. The van der Waals surface area contributed by atoms with Crippen molar-refractivity contribution in [3.63, 3.8) is 0 Å². The van der Waals surface area contributed by atoms with Crippen LogP contribution in [0.4, 0.5) is 0 Å². The van der Waals surface area contributed by atoms with Crippen LogP contribution in [-0.2, 0) is 4.79 Å². The Morgan fingerprint density at radius 3 is 2.44 bits per heavy atom. The smallest absolute Gasteiger partial charge is 0.254 e. The van der Waals surface area contributed by atoms with Gasteiger partial charge in [0.15, 0.2) is 0 Å². The Kier molecular flexibility index (Phi) is 7.82. The third-order valence-electron chi connectivity index (χ3n) is 4.62. The molecule has 1 aliphatic rings. The van der Waals surface area contributed by atoms with Crippen LogP contribution < -0.4 is 5.32 Å². The number of carbonyl (C=O) groups is 2. The molecular weight excluding hydrogens is 332 g/mol. The number of nitrogens with one attached hydrogen (secondary N) is 1. The summed E-state index contributed by atoms with van der Waals surface area (Å²) in [7, 11) is 1.92. The summed E-state index contributed by atoms with van der Waals surface area (Å²) in [6.45, 7) is 3.89. The van der Waals surface area contributed by atoms with Crippen molar-refractivity contribution >= 4 is 23.6 Å². The summed E-state index contributed by atoms with van der Waals surface area (Å²) in [6.07, 6.45) is 7.14. The second-order valence-corrected chi connectivity index (χ2v) is 8.09. The summed E-state index contributed by atoms with van der Waals surface area (Å²) in [4.78, 5) is 27.7. The van der Waals surface area contributed by atoms with E-state index in [2.05, 4.69) is 5.32 Å². The quantitative estimate of drug-likeness (QED) is 0.612. The van der Waals surface area contributed by atoms with Crippen LogP contribution in [0.2, 0.25) is 0 Å². The molecule has 138 valence electrons. The molecule has 4 nitrogen and oxygen atoms in total. The molecule has 1 saturated carbocycles. The number of rotatable bonds is 6.